The van der Waals surface area contributed by atoms with Crippen molar-refractivity contribution >= 4 is 17.9 Å². The maximum absolute atomic E-state index is 11.9. The predicted molar refractivity (Wildman–Crippen MR) is 78.2 cm³/mol. The summed E-state index contributed by atoms with van der Waals surface area (Å²) in [6, 6.07) is 4.08. The van der Waals surface area contributed by atoms with Crippen LogP contribution < -0.4 is 10.6 Å². The molecule has 6 nitrogen and oxygen atoms in total. The van der Waals surface area contributed by atoms with Crippen LogP contribution in [0.15, 0.2) is 18.2 Å². The highest BCUT2D eigenvalue weighted by atomic mass is 19.4. The van der Waals surface area contributed by atoms with Crippen molar-refractivity contribution in [1.82, 2.24) is 10.6 Å². The van der Waals surface area contributed by atoms with Gasteiger partial charge in [0.25, 0.3) is 5.91 Å². The van der Waals surface area contributed by atoms with E-state index in [9.17, 15) is 27.6 Å². The third kappa shape index (κ3) is 7.61. The molecule has 0 spiro atoms. The Balaban J connectivity index is 2.34. The van der Waals surface area contributed by atoms with E-state index in [1.54, 1.807) is 17.4 Å². The second-order valence-electron chi connectivity index (χ2n) is 5.10. The van der Waals surface area contributed by atoms with Crippen molar-refractivity contribution in [3.05, 3.63) is 34.9 Å². The van der Waals surface area contributed by atoms with Gasteiger partial charge in [-0.2, -0.15) is 13.2 Å². The Kier molecular flexibility index (Phi) is 6.75. The number of halogens is 3. The number of aryl methyl sites for hydroxylation is 2. The normalized spacial score (nSPS) is 10.9. The van der Waals surface area contributed by atoms with Crippen LogP contribution in [0.2, 0.25) is 0 Å². The summed E-state index contributed by atoms with van der Waals surface area (Å²) < 4.78 is 40.3. The fraction of sp³-hybridized carbons (Fsp3) is 0.400. The highest BCUT2D eigenvalue weighted by Gasteiger charge is 2.28. The summed E-state index contributed by atoms with van der Waals surface area (Å²) >= 11 is 0. The molecular formula is C15H17F3N2O4. The fourth-order valence-electron chi connectivity index (χ4n) is 1.66. The van der Waals surface area contributed by atoms with Gasteiger partial charge in [-0.25, -0.2) is 4.79 Å². The molecule has 1 aromatic rings. The first-order valence-electron chi connectivity index (χ1n) is 6.93. The molecule has 0 saturated carbocycles. The van der Waals surface area contributed by atoms with Gasteiger partial charge in [0.05, 0.1) is 6.42 Å². The lowest BCUT2D eigenvalue weighted by Crippen LogP contribution is -2.44. The van der Waals surface area contributed by atoms with Crippen LogP contribution in [0.1, 0.15) is 16.7 Å². The largest absolute Gasteiger partial charge is 0.455 e. The lowest BCUT2D eigenvalue weighted by Gasteiger charge is -2.09. The molecule has 9 heteroatoms. The maximum Gasteiger partial charge on any atom is 0.405 e. The SMILES string of the molecule is Cc1ccc(CC(=O)OCC(=O)NC(=O)NCC(F)(F)F)cc1C. The molecule has 1 rings (SSSR count). The van der Waals surface area contributed by atoms with Gasteiger partial charge >= 0.3 is 18.2 Å². The number of imide groups is 1. The Labute approximate surface area is 136 Å². The van der Waals surface area contributed by atoms with Crippen LogP contribution in [0.5, 0.6) is 0 Å². The molecule has 0 saturated heterocycles. The number of urea groups is 1. The van der Waals surface area contributed by atoms with Crippen LogP contribution in [0.25, 0.3) is 0 Å². The van der Waals surface area contributed by atoms with E-state index in [1.165, 1.54) is 5.32 Å². The molecule has 0 aliphatic heterocycles. The number of esters is 1. The number of rotatable bonds is 5. The van der Waals surface area contributed by atoms with E-state index < -0.39 is 37.2 Å². The number of carbonyl (C=O) groups excluding carboxylic acids is 3. The molecule has 0 aliphatic rings. The molecule has 0 unspecified atom stereocenters. The summed E-state index contributed by atoms with van der Waals surface area (Å²) in [6.45, 7) is 1.48. The van der Waals surface area contributed by atoms with Crippen molar-refractivity contribution in [2.45, 2.75) is 26.4 Å². The Hall–Kier alpha value is -2.58. The molecular weight excluding hydrogens is 329 g/mol. The van der Waals surface area contributed by atoms with Crippen molar-refractivity contribution in [3.8, 4) is 0 Å². The number of hydrogen-bond acceptors (Lipinski definition) is 4. The van der Waals surface area contributed by atoms with E-state index in [0.717, 1.165) is 11.1 Å². The molecule has 1 aromatic carbocycles. The average molecular weight is 346 g/mol. The van der Waals surface area contributed by atoms with E-state index in [-0.39, 0.29) is 6.42 Å². The molecule has 24 heavy (non-hydrogen) atoms. The van der Waals surface area contributed by atoms with Crippen LogP contribution in [0, 0.1) is 13.8 Å². The fourth-order valence-corrected chi connectivity index (χ4v) is 1.66. The van der Waals surface area contributed by atoms with Crippen LogP contribution >= 0.6 is 0 Å². The maximum atomic E-state index is 11.9. The van der Waals surface area contributed by atoms with Crippen LogP contribution in [-0.2, 0) is 20.7 Å². The van der Waals surface area contributed by atoms with Gasteiger partial charge in [0.15, 0.2) is 6.61 Å². The Morgan fingerprint density at radius 3 is 2.38 bits per heavy atom. The first-order valence-corrected chi connectivity index (χ1v) is 6.93. The van der Waals surface area contributed by atoms with Crippen molar-refractivity contribution in [3.63, 3.8) is 0 Å². The Morgan fingerprint density at radius 1 is 1.12 bits per heavy atom. The highest BCUT2D eigenvalue weighted by molar-refractivity contribution is 5.95. The number of amides is 3. The molecule has 2 N–H and O–H groups in total. The zero-order chi connectivity index (χ0) is 18.3. The number of nitrogens with one attached hydrogen (secondary N) is 2. The van der Waals surface area contributed by atoms with Gasteiger partial charge in [-0.3, -0.25) is 14.9 Å². The smallest absolute Gasteiger partial charge is 0.405 e. The monoisotopic (exact) mass is 346 g/mol. The van der Waals surface area contributed by atoms with Crippen molar-refractivity contribution in [1.29, 1.82) is 0 Å². The van der Waals surface area contributed by atoms with Gasteiger partial charge in [0.1, 0.15) is 6.54 Å². The van der Waals surface area contributed by atoms with Crippen molar-refractivity contribution in [2.24, 2.45) is 0 Å². The van der Waals surface area contributed by atoms with Gasteiger partial charge in [0.2, 0.25) is 0 Å². The molecule has 0 fully saturated rings. The standard InChI is InChI=1S/C15H17F3N2O4/c1-9-3-4-11(5-10(9)2)6-13(22)24-7-12(21)20-14(23)19-8-15(16,17)18/h3-5H,6-8H2,1-2H3,(H2,19,20,21,23). The van der Waals surface area contributed by atoms with Crippen molar-refractivity contribution in [2.75, 3.05) is 13.2 Å². The highest BCUT2D eigenvalue weighted by Crippen LogP contribution is 2.12. The molecule has 0 atom stereocenters. The molecule has 3 amide bonds. The zero-order valence-electron chi connectivity index (χ0n) is 13.1. The topological polar surface area (TPSA) is 84.5 Å². The molecule has 0 heterocycles. The number of benzene rings is 1. The van der Waals surface area contributed by atoms with E-state index in [2.05, 4.69) is 4.74 Å². The van der Waals surface area contributed by atoms with Crippen LogP contribution in [0.3, 0.4) is 0 Å². The Morgan fingerprint density at radius 2 is 1.79 bits per heavy atom. The Bertz CT molecular complexity index is 630. The summed E-state index contributed by atoms with van der Waals surface area (Å²) in [5.74, 6) is -1.72. The quantitative estimate of drug-likeness (QED) is 0.796. The number of hydrogen-bond donors (Lipinski definition) is 2. The van der Waals surface area contributed by atoms with Crippen LogP contribution in [0.4, 0.5) is 18.0 Å². The van der Waals surface area contributed by atoms with E-state index >= 15 is 0 Å². The summed E-state index contributed by atoms with van der Waals surface area (Å²) in [6.07, 6.45) is -4.65. The average Bonchev–Trinajstić information content (AvgIpc) is 2.46. The van der Waals surface area contributed by atoms with E-state index in [0.29, 0.717) is 5.56 Å². The second-order valence-corrected chi connectivity index (χ2v) is 5.10. The number of alkyl halides is 3. The van der Waals surface area contributed by atoms with E-state index in [4.69, 9.17) is 0 Å². The van der Waals surface area contributed by atoms with Crippen molar-refractivity contribution < 1.29 is 32.3 Å². The van der Waals surface area contributed by atoms with Gasteiger partial charge < -0.3 is 10.1 Å². The van der Waals surface area contributed by atoms with Gasteiger partial charge in [-0.1, -0.05) is 18.2 Å². The molecule has 0 radical (unpaired) electrons. The predicted octanol–water partition coefficient (Wildman–Crippen LogP) is 1.78. The minimum atomic E-state index is -4.58. The minimum Gasteiger partial charge on any atom is -0.455 e. The number of ether oxygens (including phenoxy) is 1. The lowest BCUT2D eigenvalue weighted by atomic mass is 10.0. The zero-order valence-corrected chi connectivity index (χ0v) is 13.1. The second kappa shape index (κ2) is 8.32. The molecule has 0 aromatic heterocycles. The van der Waals surface area contributed by atoms with Crippen LogP contribution in [-0.4, -0.2) is 37.2 Å². The molecule has 132 valence electrons. The van der Waals surface area contributed by atoms with Gasteiger partial charge in [-0.05, 0) is 30.5 Å². The minimum absolute atomic E-state index is 0.0608. The molecule has 0 aliphatic carbocycles. The van der Waals surface area contributed by atoms with Gasteiger partial charge in [0, 0.05) is 0 Å². The first kappa shape index (κ1) is 19.5. The molecule has 0 bridgehead atoms. The summed E-state index contributed by atoms with van der Waals surface area (Å²) in [5.41, 5.74) is 2.77. The lowest BCUT2D eigenvalue weighted by molar-refractivity contribution is -0.147. The van der Waals surface area contributed by atoms with Gasteiger partial charge in [-0.15, -0.1) is 0 Å². The third-order valence-corrected chi connectivity index (χ3v) is 2.99. The third-order valence-electron chi connectivity index (χ3n) is 2.99. The van der Waals surface area contributed by atoms with E-state index in [1.807, 2.05) is 19.9 Å². The summed E-state index contributed by atoms with van der Waals surface area (Å²) in [4.78, 5) is 33.9. The number of carbonyl (C=O) groups is 3. The summed E-state index contributed by atoms with van der Waals surface area (Å²) in [5, 5.41) is 3.08. The first-order chi connectivity index (χ1) is 11.1. The summed E-state index contributed by atoms with van der Waals surface area (Å²) in [7, 11) is 0.